The molecule has 1 aromatic rings. The molecule has 3 aliphatic rings. The van der Waals surface area contributed by atoms with Crippen molar-refractivity contribution in [3.8, 4) is 5.75 Å². The van der Waals surface area contributed by atoms with E-state index >= 15 is 0 Å². The molecule has 11 nitrogen and oxygen atoms in total. The lowest BCUT2D eigenvalue weighted by Crippen LogP contribution is -2.62. The molecule has 178 valence electrons. The Balaban J connectivity index is 1.50. The molecule has 0 saturated carbocycles. The number of likely N-dealkylation sites (N-methyl/N-ethyl adjacent to an activating group) is 2. The van der Waals surface area contributed by atoms with Crippen molar-refractivity contribution in [1.82, 2.24) is 14.7 Å². The lowest BCUT2D eigenvalue weighted by Gasteiger charge is -2.35. The summed E-state index contributed by atoms with van der Waals surface area (Å²) in [6.07, 6.45) is -1.03. The number of benzene rings is 1. The topological polar surface area (TPSA) is 112 Å². The number of aliphatic imine (C=N–C) groups is 1. The van der Waals surface area contributed by atoms with Crippen LogP contribution in [0.3, 0.4) is 0 Å². The van der Waals surface area contributed by atoms with Crippen LogP contribution in [-0.4, -0.2) is 132 Å². The van der Waals surface area contributed by atoms with Crippen LogP contribution in [0.4, 0.5) is 10.5 Å². The van der Waals surface area contributed by atoms with Gasteiger partial charge in [0.2, 0.25) is 0 Å². The molecule has 2 fully saturated rings. The minimum Gasteiger partial charge on any atom is -0.497 e. The Labute approximate surface area is 192 Å². The van der Waals surface area contributed by atoms with E-state index in [0.717, 1.165) is 42.5 Å². The maximum Gasteiger partial charge on any atom is 0.333 e. The zero-order chi connectivity index (χ0) is 23.7. The molecule has 3 aliphatic heterocycles. The number of carbonyl (C=O) groups is 2. The van der Waals surface area contributed by atoms with Crippen molar-refractivity contribution in [2.45, 2.75) is 12.1 Å². The molecule has 4 rings (SSSR count). The van der Waals surface area contributed by atoms with Crippen LogP contribution in [0.2, 0.25) is 0 Å². The first-order chi connectivity index (χ1) is 15.8. The first-order valence-electron chi connectivity index (χ1n) is 11.0. The zero-order valence-corrected chi connectivity index (χ0v) is 19.2. The number of β-amino-alcohol motifs (C(OH)–C–C–N with tert-alkyl or cyclic N) is 1. The molecular weight excluding hydrogens is 428 g/mol. The maximum atomic E-state index is 12.9. The normalized spacial score (nSPS) is 22.6. The fourth-order valence-electron chi connectivity index (χ4n) is 4.43. The Bertz CT molecular complexity index is 970. The van der Waals surface area contributed by atoms with Gasteiger partial charge >= 0.3 is 11.9 Å². The smallest absolute Gasteiger partial charge is 0.333 e. The molecule has 2 saturated heterocycles. The van der Waals surface area contributed by atoms with E-state index in [1.165, 1.54) is 11.9 Å². The third-order valence-electron chi connectivity index (χ3n) is 6.41. The average Bonchev–Trinajstić information content (AvgIpc) is 3.19. The molecule has 2 atom stereocenters. The molecular formula is C22H31N6O5+. The first-order valence-corrected chi connectivity index (χ1v) is 11.0. The number of piperazine rings is 1. The number of rotatable bonds is 7. The van der Waals surface area contributed by atoms with E-state index in [1.54, 1.807) is 18.7 Å². The summed E-state index contributed by atoms with van der Waals surface area (Å²) in [5.74, 6) is 1.41. The average molecular weight is 460 g/mol. The van der Waals surface area contributed by atoms with Gasteiger partial charge in [-0.2, -0.15) is 0 Å². The molecule has 2 N–H and O–H groups in total. The lowest BCUT2D eigenvalue weighted by molar-refractivity contribution is -0.545. The molecule has 1 aromatic carbocycles. The van der Waals surface area contributed by atoms with Gasteiger partial charge in [0.05, 0.1) is 13.7 Å². The molecule has 3 amide bonds. The van der Waals surface area contributed by atoms with E-state index < -0.39 is 24.8 Å². The second-order valence-electron chi connectivity index (χ2n) is 8.48. The van der Waals surface area contributed by atoms with E-state index in [2.05, 4.69) is 14.8 Å². The van der Waals surface area contributed by atoms with Crippen molar-refractivity contribution >= 4 is 29.3 Å². The number of hydrogen-bond acceptors (Lipinski definition) is 8. The molecule has 0 radical (unpaired) electrons. The van der Waals surface area contributed by atoms with Gasteiger partial charge in [-0.05, 0) is 29.3 Å². The van der Waals surface area contributed by atoms with Crippen LogP contribution in [0, 0.1) is 0 Å². The third kappa shape index (κ3) is 4.43. The van der Waals surface area contributed by atoms with Crippen molar-refractivity contribution in [1.29, 1.82) is 0 Å². The van der Waals surface area contributed by atoms with Crippen LogP contribution in [-0.2, 0) is 4.79 Å². The molecule has 0 bridgehead atoms. The summed E-state index contributed by atoms with van der Waals surface area (Å²) in [5, 5.41) is 19.5. The van der Waals surface area contributed by atoms with Gasteiger partial charge in [-0.1, -0.05) is 0 Å². The predicted molar refractivity (Wildman–Crippen MR) is 122 cm³/mol. The highest BCUT2D eigenvalue weighted by Crippen LogP contribution is 2.22. The second-order valence-corrected chi connectivity index (χ2v) is 8.48. The SMILES string of the molecule is COc1ccc(N2CCN(CC3=[N+](CC(O)CO)C4C(=O)N(C)C(=O)N(C)C4=N3)CC2)cc1. The summed E-state index contributed by atoms with van der Waals surface area (Å²) in [5.41, 5.74) is 1.14. The summed E-state index contributed by atoms with van der Waals surface area (Å²) >= 11 is 0. The first kappa shape index (κ1) is 23.1. The number of carbonyl (C=O) groups excluding carboxylic acids is 2. The Hall–Kier alpha value is -3.02. The van der Waals surface area contributed by atoms with Gasteiger partial charge in [0.15, 0.2) is 0 Å². The van der Waals surface area contributed by atoms with Crippen molar-refractivity contribution < 1.29 is 29.1 Å². The van der Waals surface area contributed by atoms with Gasteiger partial charge in [0.25, 0.3) is 17.8 Å². The van der Waals surface area contributed by atoms with E-state index in [4.69, 9.17) is 4.74 Å². The molecule has 0 aromatic heterocycles. The molecule has 0 aliphatic carbocycles. The minimum absolute atomic E-state index is 0.0525. The largest absolute Gasteiger partial charge is 0.497 e. The van der Waals surface area contributed by atoms with E-state index in [1.807, 2.05) is 24.3 Å². The Morgan fingerprint density at radius 1 is 1.12 bits per heavy atom. The fourth-order valence-corrected chi connectivity index (χ4v) is 4.43. The van der Waals surface area contributed by atoms with Crippen molar-refractivity contribution in [2.75, 3.05) is 72.0 Å². The van der Waals surface area contributed by atoms with Crippen LogP contribution >= 0.6 is 0 Å². The summed E-state index contributed by atoms with van der Waals surface area (Å²) < 4.78 is 6.95. The van der Waals surface area contributed by atoms with Gasteiger partial charge < -0.3 is 19.8 Å². The van der Waals surface area contributed by atoms with Gasteiger partial charge in [-0.15, -0.1) is 0 Å². The number of hydrogen-bond donors (Lipinski definition) is 2. The van der Waals surface area contributed by atoms with E-state index in [9.17, 15) is 19.8 Å². The number of imide groups is 1. The highest BCUT2D eigenvalue weighted by molar-refractivity contribution is 6.23. The minimum atomic E-state index is -1.03. The summed E-state index contributed by atoms with van der Waals surface area (Å²) in [7, 11) is 4.68. The molecule has 0 spiro atoms. The Morgan fingerprint density at radius 2 is 1.79 bits per heavy atom. The van der Waals surface area contributed by atoms with Crippen LogP contribution in [0.5, 0.6) is 5.75 Å². The summed E-state index contributed by atoms with van der Waals surface area (Å²) in [6.45, 7) is 3.36. The number of nitrogens with zero attached hydrogens (tertiary/aromatic N) is 6. The predicted octanol–water partition coefficient (Wildman–Crippen LogP) is -1.11. The number of anilines is 1. The number of ether oxygens (including phenoxy) is 1. The van der Waals surface area contributed by atoms with Gasteiger partial charge in [0, 0.05) is 46.0 Å². The van der Waals surface area contributed by atoms with Crippen LogP contribution in [0.15, 0.2) is 29.3 Å². The lowest BCUT2D eigenvalue weighted by atomic mass is 10.1. The van der Waals surface area contributed by atoms with Crippen molar-refractivity contribution in [3.63, 3.8) is 0 Å². The molecule has 33 heavy (non-hydrogen) atoms. The van der Waals surface area contributed by atoms with Crippen LogP contribution in [0.25, 0.3) is 0 Å². The van der Waals surface area contributed by atoms with Crippen LogP contribution < -0.4 is 9.64 Å². The second kappa shape index (κ2) is 9.46. The van der Waals surface area contributed by atoms with Crippen molar-refractivity contribution in [2.24, 2.45) is 4.99 Å². The Morgan fingerprint density at radius 3 is 2.39 bits per heavy atom. The summed E-state index contributed by atoms with van der Waals surface area (Å²) in [6, 6.07) is 6.77. The monoisotopic (exact) mass is 459 g/mol. The quantitative estimate of drug-likeness (QED) is 0.497. The number of fused-ring (bicyclic) bond motifs is 1. The fraction of sp³-hybridized carbons (Fsp3) is 0.545. The number of methoxy groups -OCH3 is 1. The zero-order valence-electron chi connectivity index (χ0n) is 19.2. The van der Waals surface area contributed by atoms with E-state index in [-0.39, 0.29) is 12.5 Å². The van der Waals surface area contributed by atoms with Gasteiger partial charge in [-0.3, -0.25) is 19.5 Å². The van der Waals surface area contributed by atoms with E-state index in [0.29, 0.717) is 18.2 Å². The third-order valence-corrected chi connectivity index (χ3v) is 6.41. The van der Waals surface area contributed by atoms with Gasteiger partial charge in [0.1, 0.15) is 24.9 Å². The molecule has 2 unspecified atom stereocenters. The Kier molecular flexibility index (Phi) is 6.63. The maximum absolute atomic E-state index is 12.9. The van der Waals surface area contributed by atoms with Crippen molar-refractivity contribution in [3.05, 3.63) is 24.3 Å². The highest BCUT2D eigenvalue weighted by Gasteiger charge is 2.53. The number of aliphatic hydroxyl groups is 2. The standard InChI is InChI=1S/C22H31N6O5/c1-24-20-19(21(31)25(2)22(24)32)28(12-16(30)14-29)18(23-20)13-26-8-10-27(11-9-26)15-4-6-17(33-3)7-5-15/h4-7,16,19,29-30H,8-14H2,1-3H3/q+1. The summed E-state index contributed by atoms with van der Waals surface area (Å²) in [4.78, 5) is 36.9. The number of aliphatic hydroxyl groups excluding tert-OH is 2. The molecule has 11 heteroatoms. The van der Waals surface area contributed by atoms with Gasteiger partial charge in [-0.25, -0.2) is 9.37 Å². The molecule has 3 heterocycles. The number of amidine groups is 2. The van der Waals surface area contributed by atoms with Crippen LogP contribution in [0.1, 0.15) is 0 Å². The highest BCUT2D eigenvalue weighted by atomic mass is 16.5. The number of urea groups is 1. The number of amides is 3.